The van der Waals surface area contributed by atoms with Crippen molar-refractivity contribution in [2.24, 2.45) is 0 Å². The third kappa shape index (κ3) is 7.74. The summed E-state index contributed by atoms with van der Waals surface area (Å²) in [5.74, 6) is -0.147. The summed E-state index contributed by atoms with van der Waals surface area (Å²) in [4.78, 5) is 20.4. The molecule has 4 nitrogen and oxygen atoms in total. The van der Waals surface area contributed by atoms with Crippen LogP contribution in [0.3, 0.4) is 0 Å². The first-order chi connectivity index (χ1) is 4.13. The molecule has 0 atom stereocenters. The molecule has 0 aromatic rings. The molecule has 2 amide bonds. The summed E-state index contributed by atoms with van der Waals surface area (Å²) in [5, 5.41) is 0. The van der Waals surface area contributed by atoms with Crippen LogP contribution in [0.5, 0.6) is 0 Å². The first kappa shape index (κ1) is 8.74. The average molecular weight is 235 g/mol. The zero-order valence-corrected chi connectivity index (χ0v) is 8.17. The Morgan fingerprint density at radius 2 is 1.44 bits per heavy atom. The van der Waals surface area contributed by atoms with Gasteiger partial charge in [0.2, 0.25) is 0 Å². The molecule has 0 unspecified atom stereocenters. The van der Waals surface area contributed by atoms with Crippen molar-refractivity contribution in [3.05, 3.63) is 0 Å². The fraction of sp³-hybridized carbons (Fsp3) is 0.500. The van der Waals surface area contributed by atoms with Crippen molar-refractivity contribution in [3.8, 4) is 0 Å². The van der Waals surface area contributed by atoms with Crippen molar-refractivity contribution >= 4 is 33.5 Å². The van der Waals surface area contributed by atoms with Crippen LogP contribution in [-0.4, -0.2) is 33.5 Å². The Balaban J connectivity index is 3.10. The number of carbonyl (C=O) groups is 2. The number of carbonyl (C=O) groups excluding carboxylic acids is 2. The van der Waals surface area contributed by atoms with Gasteiger partial charge in [-0.1, -0.05) is 0 Å². The zero-order valence-electron chi connectivity index (χ0n) is 5.32. The maximum atomic E-state index is 10.2. The molecule has 0 saturated heterocycles. The van der Waals surface area contributed by atoms with E-state index in [2.05, 4.69) is 7.08 Å². The van der Waals surface area contributed by atoms with E-state index in [1.54, 1.807) is 0 Å². The summed E-state index contributed by atoms with van der Waals surface area (Å²) in [6.07, 6.45) is 0. The molecular formula is C4H8N2O2Sn. The number of amides is 2. The SMILES string of the molecule is CC(=O)[NH][Sn][NH]C(C)=O. The molecule has 50 valence electrons. The molecule has 0 aromatic carbocycles. The van der Waals surface area contributed by atoms with E-state index < -0.39 is 21.7 Å². The van der Waals surface area contributed by atoms with Gasteiger partial charge < -0.3 is 0 Å². The fourth-order valence-corrected chi connectivity index (χ4v) is 1.39. The second-order valence-corrected chi connectivity index (χ2v) is 3.63. The third-order valence-corrected chi connectivity index (χ3v) is 3.20. The Kier molecular flexibility index (Phi) is 4.47. The molecular weight excluding hydrogens is 227 g/mol. The standard InChI is InChI=1S/2C2H5NO.Sn/c2*1-2(3)4;/h2*1H3,(H2,3,4);/q;;+2/p-2. The molecule has 0 aliphatic carbocycles. The van der Waals surface area contributed by atoms with Gasteiger partial charge >= 0.3 is 64.0 Å². The van der Waals surface area contributed by atoms with Gasteiger partial charge in [-0.05, 0) is 0 Å². The van der Waals surface area contributed by atoms with Crippen LogP contribution >= 0.6 is 0 Å². The van der Waals surface area contributed by atoms with E-state index >= 15 is 0 Å². The van der Waals surface area contributed by atoms with E-state index in [1.807, 2.05) is 0 Å². The normalized spacial score (nSPS) is 8.22. The summed E-state index contributed by atoms with van der Waals surface area (Å²) in [7, 11) is 0. The molecule has 0 aromatic heterocycles. The number of rotatable bonds is 2. The Hall–Kier alpha value is -0.261. The Bertz CT molecular complexity index is 112. The third-order valence-electron chi connectivity index (χ3n) is 0.477. The van der Waals surface area contributed by atoms with Gasteiger partial charge in [0.05, 0.1) is 0 Å². The minimum atomic E-state index is -1.13. The van der Waals surface area contributed by atoms with E-state index in [0.717, 1.165) is 0 Å². The summed E-state index contributed by atoms with van der Waals surface area (Å²) in [6.45, 7) is 2.87. The van der Waals surface area contributed by atoms with Crippen molar-refractivity contribution in [2.45, 2.75) is 13.8 Å². The van der Waals surface area contributed by atoms with Gasteiger partial charge in [0.15, 0.2) is 0 Å². The quantitative estimate of drug-likeness (QED) is 0.590. The van der Waals surface area contributed by atoms with E-state index in [4.69, 9.17) is 0 Å². The first-order valence-electron chi connectivity index (χ1n) is 2.41. The molecule has 9 heavy (non-hydrogen) atoms. The molecule has 2 N–H and O–H groups in total. The Morgan fingerprint density at radius 3 is 1.67 bits per heavy atom. The van der Waals surface area contributed by atoms with Crippen molar-refractivity contribution < 1.29 is 9.59 Å². The van der Waals surface area contributed by atoms with Gasteiger partial charge in [-0.25, -0.2) is 0 Å². The van der Waals surface area contributed by atoms with Crippen LogP contribution in [0.15, 0.2) is 0 Å². The van der Waals surface area contributed by atoms with E-state index in [0.29, 0.717) is 0 Å². The molecule has 0 aliphatic rings. The van der Waals surface area contributed by atoms with Crippen LogP contribution in [0.1, 0.15) is 13.8 Å². The Morgan fingerprint density at radius 1 is 1.11 bits per heavy atom. The van der Waals surface area contributed by atoms with Crippen LogP contribution in [0.2, 0.25) is 0 Å². The second-order valence-electron chi connectivity index (χ2n) is 1.49. The monoisotopic (exact) mass is 236 g/mol. The van der Waals surface area contributed by atoms with E-state index in [9.17, 15) is 9.59 Å². The molecule has 0 spiro atoms. The van der Waals surface area contributed by atoms with Crippen molar-refractivity contribution in [3.63, 3.8) is 0 Å². The molecule has 0 fully saturated rings. The molecule has 0 bridgehead atoms. The summed E-state index contributed by atoms with van der Waals surface area (Å²) < 4.78 is 5.15. The summed E-state index contributed by atoms with van der Waals surface area (Å²) >= 11 is -1.13. The van der Waals surface area contributed by atoms with Gasteiger partial charge in [-0.15, -0.1) is 0 Å². The molecule has 2 radical (unpaired) electrons. The summed E-state index contributed by atoms with van der Waals surface area (Å²) in [5.41, 5.74) is 0. The molecule has 0 heterocycles. The van der Waals surface area contributed by atoms with Gasteiger partial charge in [0.25, 0.3) is 0 Å². The average Bonchev–Trinajstić information content (AvgIpc) is 1.63. The molecule has 5 heteroatoms. The zero-order chi connectivity index (χ0) is 7.28. The van der Waals surface area contributed by atoms with Crippen LogP contribution in [0.25, 0.3) is 0 Å². The van der Waals surface area contributed by atoms with Gasteiger partial charge in [-0.3, -0.25) is 0 Å². The van der Waals surface area contributed by atoms with Gasteiger partial charge in [0.1, 0.15) is 0 Å². The van der Waals surface area contributed by atoms with Crippen LogP contribution in [-0.2, 0) is 9.59 Å². The van der Waals surface area contributed by atoms with Crippen molar-refractivity contribution in [2.75, 3.05) is 0 Å². The van der Waals surface area contributed by atoms with Crippen LogP contribution in [0, 0.1) is 0 Å². The van der Waals surface area contributed by atoms with Crippen LogP contribution in [0.4, 0.5) is 0 Å². The number of nitrogens with one attached hydrogen (secondary N) is 2. The van der Waals surface area contributed by atoms with Crippen molar-refractivity contribution in [1.82, 2.24) is 7.08 Å². The van der Waals surface area contributed by atoms with Crippen LogP contribution < -0.4 is 7.08 Å². The predicted molar refractivity (Wildman–Crippen MR) is 33.4 cm³/mol. The molecule has 0 rings (SSSR count). The topological polar surface area (TPSA) is 58.2 Å². The van der Waals surface area contributed by atoms with E-state index in [-0.39, 0.29) is 11.8 Å². The van der Waals surface area contributed by atoms with Crippen molar-refractivity contribution in [1.29, 1.82) is 0 Å². The number of hydrogen-bond donors (Lipinski definition) is 2. The minimum absolute atomic E-state index is 0.0737. The van der Waals surface area contributed by atoms with E-state index in [1.165, 1.54) is 13.8 Å². The van der Waals surface area contributed by atoms with Gasteiger partial charge in [0, 0.05) is 0 Å². The Labute approximate surface area is 64.3 Å². The maximum absolute atomic E-state index is 10.2. The molecule has 0 aliphatic heterocycles. The number of hydrogen-bond acceptors (Lipinski definition) is 2. The summed E-state index contributed by atoms with van der Waals surface area (Å²) in [6, 6.07) is 0. The molecule has 0 saturated carbocycles. The fourth-order valence-electron chi connectivity index (χ4n) is 0.207. The second kappa shape index (κ2) is 4.60. The first-order valence-corrected chi connectivity index (χ1v) is 5.26. The van der Waals surface area contributed by atoms with Gasteiger partial charge in [-0.2, -0.15) is 0 Å². The predicted octanol–water partition coefficient (Wildman–Crippen LogP) is -1.21.